The molecule has 228 valence electrons. The number of halogens is 4. The number of carboxylic acids is 1. The quantitative estimate of drug-likeness (QED) is 0.211. The minimum atomic E-state index is -1.06. The van der Waals surface area contributed by atoms with Crippen molar-refractivity contribution in [2.45, 2.75) is 50.8 Å². The van der Waals surface area contributed by atoms with Crippen LogP contribution in [0.1, 0.15) is 70.6 Å². The van der Waals surface area contributed by atoms with Gasteiger partial charge in [-0.05, 0) is 80.6 Å². The molecule has 2 aliphatic heterocycles. The average Bonchev–Trinajstić information content (AvgIpc) is 3.72. The Labute approximate surface area is 263 Å². The lowest BCUT2D eigenvalue weighted by molar-refractivity contribution is 0.0696. The van der Waals surface area contributed by atoms with Crippen LogP contribution in [0.2, 0.25) is 10.0 Å². The molecule has 1 saturated heterocycles. The van der Waals surface area contributed by atoms with Crippen LogP contribution in [0, 0.1) is 5.41 Å². The summed E-state index contributed by atoms with van der Waals surface area (Å²) in [5.41, 5.74) is 2.80. The maximum absolute atomic E-state index is 15.4. The number of hydrogen-bond acceptors (Lipinski definition) is 5. The number of hydrogen-bond donors (Lipinski definition) is 1. The summed E-state index contributed by atoms with van der Waals surface area (Å²) in [5.74, 6) is 0.0520. The van der Waals surface area contributed by atoms with Crippen molar-refractivity contribution in [2.75, 3.05) is 19.8 Å². The summed E-state index contributed by atoms with van der Waals surface area (Å²) in [6, 6.07) is 12.3. The van der Waals surface area contributed by atoms with Crippen LogP contribution in [0.15, 0.2) is 54.7 Å². The Kier molecular flexibility index (Phi) is 7.59. The van der Waals surface area contributed by atoms with E-state index in [0.29, 0.717) is 51.2 Å². The number of aromatic nitrogens is 3. The number of imidazole rings is 1. The van der Waals surface area contributed by atoms with E-state index < -0.39 is 24.2 Å². The van der Waals surface area contributed by atoms with E-state index in [1.165, 1.54) is 12.3 Å². The van der Waals surface area contributed by atoms with E-state index >= 15 is 4.39 Å². The van der Waals surface area contributed by atoms with E-state index in [2.05, 4.69) is 9.88 Å². The molecule has 44 heavy (non-hydrogen) atoms. The van der Waals surface area contributed by atoms with Gasteiger partial charge in [-0.3, -0.25) is 9.29 Å². The van der Waals surface area contributed by atoms with Crippen molar-refractivity contribution in [3.05, 3.63) is 92.9 Å². The molecule has 4 aromatic rings. The monoisotopic (exact) mass is 638 g/mol. The molecular formula is C33H30Cl2F2N4O3. The highest BCUT2D eigenvalue weighted by Crippen LogP contribution is 2.48. The van der Waals surface area contributed by atoms with Crippen LogP contribution in [0.4, 0.5) is 8.78 Å². The molecule has 0 radical (unpaired) electrons. The number of benzene rings is 2. The van der Waals surface area contributed by atoms with Gasteiger partial charge in [0.2, 0.25) is 0 Å². The molecule has 7 rings (SSSR count). The number of pyridine rings is 1. The number of carbonyl (C=O) groups is 1. The molecule has 0 bridgehead atoms. The molecule has 0 amide bonds. The van der Waals surface area contributed by atoms with Crippen molar-refractivity contribution in [3.63, 3.8) is 0 Å². The Morgan fingerprint density at radius 3 is 2.61 bits per heavy atom. The van der Waals surface area contributed by atoms with E-state index in [9.17, 15) is 14.3 Å². The zero-order valence-corrected chi connectivity index (χ0v) is 25.3. The number of piperidine rings is 1. The summed E-state index contributed by atoms with van der Waals surface area (Å²) in [6.07, 6.45) is 5.33. The van der Waals surface area contributed by atoms with E-state index in [1.54, 1.807) is 30.3 Å². The van der Waals surface area contributed by atoms with Gasteiger partial charge in [0, 0.05) is 33.8 Å². The maximum Gasteiger partial charge on any atom is 0.337 e. The first kappa shape index (κ1) is 29.2. The zero-order valence-electron chi connectivity index (χ0n) is 23.8. The second-order valence-corrected chi connectivity index (χ2v) is 13.0. The summed E-state index contributed by atoms with van der Waals surface area (Å²) in [6.45, 7) is 2.09. The molecule has 1 N–H and O–H groups in total. The van der Waals surface area contributed by atoms with Crippen molar-refractivity contribution < 1.29 is 23.4 Å². The smallest absolute Gasteiger partial charge is 0.337 e. The van der Waals surface area contributed by atoms with Crippen LogP contribution < -0.4 is 4.74 Å². The number of alkyl halides is 1. The van der Waals surface area contributed by atoms with Crippen LogP contribution in [-0.2, 0) is 13.1 Å². The van der Waals surface area contributed by atoms with Gasteiger partial charge in [-0.25, -0.2) is 19.2 Å². The van der Waals surface area contributed by atoms with Gasteiger partial charge in [-0.1, -0.05) is 41.4 Å². The summed E-state index contributed by atoms with van der Waals surface area (Å²) in [5, 5.41) is 10.4. The van der Waals surface area contributed by atoms with Crippen molar-refractivity contribution in [3.8, 4) is 5.75 Å². The molecule has 1 saturated carbocycles. The number of likely N-dealkylation sites (tertiary alicyclic amines) is 1. The number of fused-ring (bicyclic) bond motifs is 2. The predicted molar refractivity (Wildman–Crippen MR) is 165 cm³/mol. The zero-order chi connectivity index (χ0) is 30.6. The lowest BCUT2D eigenvalue weighted by Crippen LogP contribution is -2.34. The molecule has 1 aliphatic carbocycles. The Morgan fingerprint density at radius 2 is 1.91 bits per heavy atom. The molecule has 0 spiro atoms. The standard InChI is InChI=1S/C33H30Cl2F2N4O3/c34-21-4-5-23(25(35)13-21)28-14-26(37)24-3-1-2-22(30(24)44-28)19-6-10-40(11-7-19)16-29-39-31-27(12-20(15-38-31)32(42)43)41(29)18-33(17-36)8-9-33/h1-5,12-15,19,28H,6-11,16-18H2,(H,42,43)/t28-/m1/s1. The third kappa shape index (κ3) is 5.46. The highest BCUT2D eigenvalue weighted by molar-refractivity contribution is 6.35. The van der Waals surface area contributed by atoms with Crippen molar-refractivity contribution in [1.82, 2.24) is 19.4 Å². The second-order valence-electron chi connectivity index (χ2n) is 12.1. The molecule has 3 aliphatic rings. The van der Waals surface area contributed by atoms with E-state index in [0.717, 1.165) is 50.2 Å². The fourth-order valence-electron chi connectivity index (χ4n) is 6.38. The number of para-hydroxylation sites is 1. The van der Waals surface area contributed by atoms with Gasteiger partial charge < -0.3 is 14.4 Å². The molecule has 11 heteroatoms. The third-order valence-corrected chi connectivity index (χ3v) is 9.73. The van der Waals surface area contributed by atoms with Crippen LogP contribution in [-0.4, -0.2) is 50.3 Å². The normalized spacial score (nSPS) is 19.8. The Hall–Kier alpha value is -3.53. The average molecular weight is 640 g/mol. The van der Waals surface area contributed by atoms with Gasteiger partial charge in [0.15, 0.2) is 5.65 Å². The van der Waals surface area contributed by atoms with E-state index in [-0.39, 0.29) is 17.3 Å². The fraction of sp³-hybridized carbons (Fsp3) is 0.364. The van der Waals surface area contributed by atoms with Crippen LogP contribution in [0.5, 0.6) is 5.75 Å². The minimum Gasteiger partial charge on any atom is -0.480 e. The Balaban J connectivity index is 1.10. The topological polar surface area (TPSA) is 80.5 Å². The van der Waals surface area contributed by atoms with Gasteiger partial charge in [0.25, 0.3) is 0 Å². The van der Waals surface area contributed by atoms with Gasteiger partial charge in [0.1, 0.15) is 23.5 Å². The highest BCUT2D eigenvalue weighted by Gasteiger charge is 2.44. The van der Waals surface area contributed by atoms with Gasteiger partial charge in [-0.2, -0.15) is 0 Å². The van der Waals surface area contributed by atoms with Gasteiger partial charge >= 0.3 is 5.97 Å². The number of ether oxygens (including phenoxy) is 1. The molecule has 2 aromatic heterocycles. The van der Waals surface area contributed by atoms with Crippen molar-refractivity contribution >= 4 is 46.2 Å². The summed E-state index contributed by atoms with van der Waals surface area (Å²) >= 11 is 12.5. The van der Waals surface area contributed by atoms with Crippen molar-refractivity contribution in [2.24, 2.45) is 5.41 Å². The molecule has 7 nitrogen and oxygen atoms in total. The first-order valence-corrected chi connectivity index (χ1v) is 15.5. The maximum atomic E-state index is 15.4. The predicted octanol–water partition coefficient (Wildman–Crippen LogP) is 8.01. The summed E-state index contributed by atoms with van der Waals surface area (Å²) in [7, 11) is 0. The Morgan fingerprint density at radius 1 is 1.11 bits per heavy atom. The van der Waals surface area contributed by atoms with Crippen LogP contribution >= 0.6 is 23.2 Å². The Bertz CT molecular complexity index is 1800. The molecule has 2 fully saturated rings. The summed E-state index contributed by atoms with van der Waals surface area (Å²) in [4.78, 5) is 23.0. The molecule has 2 aromatic carbocycles. The molecule has 4 heterocycles. The number of aromatic carboxylic acids is 1. The first-order chi connectivity index (χ1) is 21.2. The van der Waals surface area contributed by atoms with Crippen LogP contribution in [0.25, 0.3) is 17.0 Å². The van der Waals surface area contributed by atoms with E-state index in [4.69, 9.17) is 32.9 Å². The molecule has 0 unspecified atom stereocenters. The number of nitrogens with zero attached hydrogens (tertiary/aromatic N) is 4. The van der Waals surface area contributed by atoms with Crippen molar-refractivity contribution in [1.29, 1.82) is 0 Å². The first-order valence-electron chi connectivity index (χ1n) is 14.7. The van der Waals surface area contributed by atoms with E-state index in [1.807, 2.05) is 16.7 Å². The largest absolute Gasteiger partial charge is 0.480 e. The highest BCUT2D eigenvalue weighted by atomic mass is 35.5. The molecular weight excluding hydrogens is 609 g/mol. The lowest BCUT2D eigenvalue weighted by atomic mass is 9.86. The van der Waals surface area contributed by atoms with Gasteiger partial charge in [-0.15, -0.1) is 0 Å². The fourth-order valence-corrected chi connectivity index (χ4v) is 6.90. The molecule has 1 atom stereocenters. The third-order valence-electron chi connectivity index (χ3n) is 9.17. The number of carboxylic acid groups (broad SMARTS) is 1. The minimum absolute atomic E-state index is 0.0800. The second kappa shape index (κ2) is 11.4. The van der Waals surface area contributed by atoms with Gasteiger partial charge in [0.05, 0.1) is 29.9 Å². The SMILES string of the molecule is O=C(O)c1cnc2nc(CN3CCC(c4cccc5c4O[C@@H](c4ccc(Cl)cc4Cl)C=C5F)CC3)n(CC3(CF)CC3)c2c1. The van der Waals surface area contributed by atoms with Crippen LogP contribution in [0.3, 0.4) is 0 Å². The number of rotatable bonds is 8. The summed E-state index contributed by atoms with van der Waals surface area (Å²) < 4.78 is 37.6. The lowest BCUT2D eigenvalue weighted by Gasteiger charge is -2.34.